The van der Waals surface area contributed by atoms with Crippen molar-refractivity contribution in [3.05, 3.63) is 24.1 Å². The number of oxazole rings is 1. The van der Waals surface area contributed by atoms with Crippen LogP contribution >= 0.6 is 0 Å². The largest absolute Gasteiger partial charge is 0.441 e. The third-order valence-corrected chi connectivity index (χ3v) is 2.85. The Balaban J connectivity index is 2.23. The fourth-order valence-corrected chi connectivity index (χ4v) is 1.77. The number of nitrogens with zero attached hydrogens (tertiary/aromatic N) is 1. The molecule has 0 amide bonds. The van der Waals surface area contributed by atoms with E-state index in [1.54, 1.807) is 0 Å². The summed E-state index contributed by atoms with van der Waals surface area (Å²) in [6.45, 7) is 6.10. The van der Waals surface area contributed by atoms with Crippen molar-refractivity contribution >= 4 is 16.8 Å². The van der Waals surface area contributed by atoms with E-state index in [0.29, 0.717) is 11.8 Å². The molecule has 0 aliphatic heterocycles. The number of aryl methyl sites for hydroxylation is 1. The summed E-state index contributed by atoms with van der Waals surface area (Å²) in [6, 6.07) is 5.84. The maximum Gasteiger partial charge on any atom is 0.192 e. The molecule has 0 spiro atoms. The molecule has 4 heteroatoms. The van der Waals surface area contributed by atoms with Crippen molar-refractivity contribution in [1.29, 1.82) is 0 Å². The zero-order valence-corrected chi connectivity index (χ0v) is 10.4. The third-order valence-electron chi connectivity index (χ3n) is 2.85. The first kappa shape index (κ1) is 11.9. The van der Waals surface area contributed by atoms with E-state index >= 15 is 0 Å². The minimum absolute atomic E-state index is 0.0560. The lowest BCUT2D eigenvalue weighted by Gasteiger charge is -2.20. The van der Waals surface area contributed by atoms with Gasteiger partial charge in [-0.1, -0.05) is 13.8 Å². The second-order valence-corrected chi connectivity index (χ2v) is 4.59. The molecule has 0 saturated heterocycles. The molecule has 4 nitrogen and oxygen atoms in total. The van der Waals surface area contributed by atoms with Gasteiger partial charge in [0, 0.05) is 12.6 Å². The predicted molar refractivity (Wildman–Crippen MR) is 68.1 cm³/mol. The van der Waals surface area contributed by atoms with Crippen molar-refractivity contribution in [2.45, 2.75) is 26.8 Å². The van der Waals surface area contributed by atoms with E-state index in [1.807, 2.05) is 25.1 Å². The molecule has 17 heavy (non-hydrogen) atoms. The number of anilines is 1. The molecule has 2 rings (SSSR count). The molecule has 1 aromatic heterocycles. The van der Waals surface area contributed by atoms with Crippen molar-refractivity contribution in [3.8, 4) is 0 Å². The van der Waals surface area contributed by atoms with Crippen molar-refractivity contribution in [3.63, 3.8) is 0 Å². The Labute approximate surface area is 101 Å². The molecule has 1 heterocycles. The Bertz CT molecular complexity index is 505. The van der Waals surface area contributed by atoms with Gasteiger partial charge in [0.1, 0.15) is 5.52 Å². The van der Waals surface area contributed by atoms with Gasteiger partial charge in [0.05, 0.1) is 12.6 Å². The van der Waals surface area contributed by atoms with E-state index < -0.39 is 0 Å². The van der Waals surface area contributed by atoms with Gasteiger partial charge < -0.3 is 14.8 Å². The SMILES string of the molecule is Cc1nc2cc(NC(CO)C(C)C)ccc2o1. The highest BCUT2D eigenvalue weighted by atomic mass is 16.3. The minimum Gasteiger partial charge on any atom is -0.441 e. The number of aliphatic hydroxyl groups is 1. The van der Waals surface area contributed by atoms with Gasteiger partial charge >= 0.3 is 0 Å². The number of hydrogen-bond donors (Lipinski definition) is 2. The molecule has 0 saturated carbocycles. The van der Waals surface area contributed by atoms with Gasteiger partial charge in [-0.15, -0.1) is 0 Å². The van der Waals surface area contributed by atoms with E-state index in [0.717, 1.165) is 16.8 Å². The quantitative estimate of drug-likeness (QED) is 0.853. The molecule has 0 aliphatic carbocycles. The second kappa shape index (κ2) is 4.75. The first-order chi connectivity index (χ1) is 8.10. The standard InChI is InChI=1S/C13H18N2O2/c1-8(2)12(7-16)15-10-4-5-13-11(6-10)14-9(3)17-13/h4-6,8,12,15-16H,7H2,1-3H3. The Morgan fingerprint density at radius 1 is 1.41 bits per heavy atom. The first-order valence-corrected chi connectivity index (χ1v) is 5.84. The van der Waals surface area contributed by atoms with Crippen LogP contribution in [0.3, 0.4) is 0 Å². The van der Waals surface area contributed by atoms with Gasteiger partial charge in [0.25, 0.3) is 0 Å². The number of aliphatic hydroxyl groups excluding tert-OH is 1. The van der Waals surface area contributed by atoms with Crippen LogP contribution in [0, 0.1) is 12.8 Å². The monoisotopic (exact) mass is 234 g/mol. The van der Waals surface area contributed by atoms with E-state index in [-0.39, 0.29) is 12.6 Å². The van der Waals surface area contributed by atoms with Gasteiger partial charge in [-0.2, -0.15) is 0 Å². The Morgan fingerprint density at radius 3 is 2.82 bits per heavy atom. The van der Waals surface area contributed by atoms with Gasteiger partial charge in [0.15, 0.2) is 11.5 Å². The summed E-state index contributed by atoms with van der Waals surface area (Å²) < 4.78 is 5.41. The molecule has 1 aromatic carbocycles. The Hall–Kier alpha value is -1.55. The van der Waals surface area contributed by atoms with Crippen LogP contribution in [0.5, 0.6) is 0 Å². The van der Waals surface area contributed by atoms with Gasteiger partial charge in [0.2, 0.25) is 0 Å². The number of rotatable bonds is 4. The normalized spacial score (nSPS) is 13.2. The van der Waals surface area contributed by atoms with Crippen LogP contribution in [0.2, 0.25) is 0 Å². The summed E-state index contributed by atoms with van der Waals surface area (Å²) in [5.74, 6) is 1.04. The zero-order valence-electron chi connectivity index (χ0n) is 10.4. The molecule has 0 bridgehead atoms. The van der Waals surface area contributed by atoms with Crippen molar-refractivity contribution in [2.75, 3.05) is 11.9 Å². The van der Waals surface area contributed by atoms with Crippen LogP contribution in [0.25, 0.3) is 11.1 Å². The summed E-state index contributed by atoms with van der Waals surface area (Å²) in [7, 11) is 0. The maximum absolute atomic E-state index is 9.28. The van der Waals surface area contributed by atoms with Crippen LogP contribution in [0.4, 0.5) is 5.69 Å². The van der Waals surface area contributed by atoms with Crippen LogP contribution < -0.4 is 5.32 Å². The van der Waals surface area contributed by atoms with E-state index in [1.165, 1.54) is 0 Å². The van der Waals surface area contributed by atoms with Crippen molar-refractivity contribution in [1.82, 2.24) is 4.98 Å². The molecular weight excluding hydrogens is 216 g/mol. The number of nitrogens with one attached hydrogen (secondary N) is 1. The molecule has 2 N–H and O–H groups in total. The smallest absolute Gasteiger partial charge is 0.192 e. The maximum atomic E-state index is 9.28. The summed E-state index contributed by atoms with van der Waals surface area (Å²) in [6.07, 6.45) is 0. The first-order valence-electron chi connectivity index (χ1n) is 5.84. The summed E-state index contributed by atoms with van der Waals surface area (Å²) in [5.41, 5.74) is 2.59. The topological polar surface area (TPSA) is 58.3 Å². The van der Waals surface area contributed by atoms with Crippen LogP contribution in [0.15, 0.2) is 22.6 Å². The van der Waals surface area contributed by atoms with Crippen LogP contribution in [-0.2, 0) is 0 Å². The molecule has 92 valence electrons. The number of benzene rings is 1. The molecule has 0 fully saturated rings. The van der Waals surface area contributed by atoms with Crippen molar-refractivity contribution in [2.24, 2.45) is 5.92 Å². The number of fused-ring (bicyclic) bond motifs is 1. The lowest BCUT2D eigenvalue weighted by molar-refractivity contribution is 0.249. The Morgan fingerprint density at radius 2 is 2.18 bits per heavy atom. The van der Waals surface area contributed by atoms with E-state index in [9.17, 15) is 5.11 Å². The average molecular weight is 234 g/mol. The molecule has 0 aliphatic rings. The highest BCUT2D eigenvalue weighted by molar-refractivity contribution is 5.77. The van der Waals surface area contributed by atoms with Crippen molar-refractivity contribution < 1.29 is 9.52 Å². The lowest BCUT2D eigenvalue weighted by atomic mass is 10.1. The second-order valence-electron chi connectivity index (χ2n) is 4.59. The van der Waals surface area contributed by atoms with Gasteiger partial charge in [-0.05, 0) is 24.1 Å². The average Bonchev–Trinajstić information content (AvgIpc) is 2.64. The van der Waals surface area contributed by atoms with E-state index in [2.05, 4.69) is 24.1 Å². The highest BCUT2D eigenvalue weighted by Crippen LogP contribution is 2.21. The molecule has 1 unspecified atom stereocenters. The highest BCUT2D eigenvalue weighted by Gasteiger charge is 2.12. The number of hydrogen-bond acceptors (Lipinski definition) is 4. The minimum atomic E-state index is 0.0560. The fourth-order valence-electron chi connectivity index (χ4n) is 1.77. The summed E-state index contributed by atoms with van der Waals surface area (Å²) >= 11 is 0. The lowest BCUT2D eigenvalue weighted by Crippen LogP contribution is -2.29. The third kappa shape index (κ3) is 2.58. The zero-order chi connectivity index (χ0) is 12.4. The summed E-state index contributed by atoms with van der Waals surface area (Å²) in [4.78, 5) is 4.28. The van der Waals surface area contributed by atoms with Gasteiger partial charge in [-0.3, -0.25) is 0 Å². The Kier molecular flexibility index (Phi) is 3.33. The van der Waals surface area contributed by atoms with Crippen LogP contribution in [-0.4, -0.2) is 22.7 Å². The molecule has 1 atom stereocenters. The number of aromatic nitrogens is 1. The molecular formula is C13H18N2O2. The fraction of sp³-hybridized carbons (Fsp3) is 0.462. The van der Waals surface area contributed by atoms with E-state index in [4.69, 9.17) is 4.42 Å². The van der Waals surface area contributed by atoms with Crippen LogP contribution in [0.1, 0.15) is 19.7 Å². The summed E-state index contributed by atoms with van der Waals surface area (Å²) in [5, 5.41) is 12.6. The predicted octanol–water partition coefficient (Wildman–Crippen LogP) is 2.57. The van der Waals surface area contributed by atoms with Gasteiger partial charge in [-0.25, -0.2) is 4.98 Å². The molecule has 0 radical (unpaired) electrons. The molecule has 2 aromatic rings.